The van der Waals surface area contributed by atoms with E-state index >= 15 is 0 Å². The van der Waals surface area contributed by atoms with Crippen LogP contribution in [0.15, 0.2) is 51.9 Å². The average molecular weight is 500 g/mol. The maximum atomic E-state index is 13.0. The Morgan fingerprint density at radius 1 is 1.03 bits per heavy atom. The summed E-state index contributed by atoms with van der Waals surface area (Å²) < 4.78 is 44.9. The van der Waals surface area contributed by atoms with Crippen LogP contribution in [0.4, 0.5) is 11.4 Å². The molecule has 0 bridgehead atoms. The van der Waals surface area contributed by atoms with Crippen molar-refractivity contribution in [2.24, 2.45) is 0 Å². The van der Waals surface area contributed by atoms with E-state index in [1.807, 2.05) is 13.8 Å². The SMILES string of the molecule is CCOc1ccc(OCC)c(NS(=O)(=O)c2ccc(/C=C\c3onc(C)c3NC(=O)CC)cc2)c1. The number of anilines is 2. The molecule has 0 aliphatic rings. The molecule has 10 heteroatoms. The number of hydrogen-bond donors (Lipinski definition) is 2. The first kappa shape index (κ1) is 25.8. The van der Waals surface area contributed by atoms with Gasteiger partial charge in [0.05, 0.1) is 23.8 Å². The van der Waals surface area contributed by atoms with E-state index in [1.54, 1.807) is 56.3 Å². The molecule has 0 aliphatic heterocycles. The van der Waals surface area contributed by atoms with Crippen LogP contribution in [0.1, 0.15) is 44.2 Å². The summed E-state index contributed by atoms with van der Waals surface area (Å²) in [7, 11) is -3.88. The summed E-state index contributed by atoms with van der Waals surface area (Å²) in [4.78, 5) is 11.8. The molecule has 9 nitrogen and oxygen atoms in total. The van der Waals surface area contributed by atoms with Gasteiger partial charge in [-0.1, -0.05) is 30.3 Å². The maximum absolute atomic E-state index is 13.0. The zero-order valence-corrected chi connectivity index (χ0v) is 20.9. The molecule has 1 amide bonds. The Morgan fingerprint density at radius 2 is 1.74 bits per heavy atom. The Balaban J connectivity index is 1.79. The van der Waals surface area contributed by atoms with Crippen molar-refractivity contribution in [2.45, 2.75) is 39.0 Å². The van der Waals surface area contributed by atoms with Gasteiger partial charge in [0.2, 0.25) is 5.91 Å². The van der Waals surface area contributed by atoms with Crippen molar-refractivity contribution in [3.63, 3.8) is 0 Å². The van der Waals surface area contributed by atoms with E-state index in [2.05, 4.69) is 15.2 Å². The van der Waals surface area contributed by atoms with Gasteiger partial charge in [-0.15, -0.1) is 0 Å². The summed E-state index contributed by atoms with van der Waals surface area (Å²) in [6.07, 6.45) is 3.74. The molecule has 1 aromatic heterocycles. The second kappa shape index (κ2) is 11.6. The zero-order valence-electron chi connectivity index (χ0n) is 20.1. The van der Waals surface area contributed by atoms with Crippen molar-refractivity contribution in [1.29, 1.82) is 0 Å². The molecule has 186 valence electrons. The van der Waals surface area contributed by atoms with Crippen LogP contribution in [0, 0.1) is 6.92 Å². The Morgan fingerprint density at radius 3 is 2.40 bits per heavy atom. The fourth-order valence-electron chi connectivity index (χ4n) is 3.14. The number of carbonyl (C=O) groups excluding carboxylic acids is 1. The minimum atomic E-state index is -3.88. The van der Waals surface area contributed by atoms with Crippen LogP contribution in [-0.2, 0) is 14.8 Å². The molecule has 3 aromatic rings. The molecule has 0 saturated heterocycles. The van der Waals surface area contributed by atoms with Crippen LogP contribution >= 0.6 is 0 Å². The molecule has 0 spiro atoms. The van der Waals surface area contributed by atoms with Gasteiger partial charge in [0.25, 0.3) is 10.0 Å². The fourth-order valence-corrected chi connectivity index (χ4v) is 4.20. The van der Waals surface area contributed by atoms with Crippen LogP contribution in [-0.4, -0.2) is 32.7 Å². The van der Waals surface area contributed by atoms with Gasteiger partial charge < -0.3 is 19.3 Å². The van der Waals surface area contributed by atoms with Crippen LogP contribution < -0.4 is 19.5 Å². The highest BCUT2D eigenvalue weighted by molar-refractivity contribution is 7.92. The molecular formula is C25H29N3O6S. The van der Waals surface area contributed by atoms with Gasteiger partial charge in [-0.05, 0) is 56.7 Å². The standard InChI is InChI=1S/C25H29N3O6S/c1-5-24(29)26-25-17(4)27-34-23(25)14-10-18-8-12-20(13-9-18)35(30,31)28-21-16-19(32-6-2)11-15-22(21)33-7-3/h8-16,28H,5-7H2,1-4H3,(H,26,29)/b14-10-. The Labute approximate surface area is 205 Å². The second-order valence-corrected chi connectivity index (χ2v) is 9.12. The van der Waals surface area contributed by atoms with E-state index in [1.165, 1.54) is 12.1 Å². The average Bonchev–Trinajstić information content (AvgIpc) is 3.18. The molecule has 0 fully saturated rings. The quantitative estimate of drug-likeness (QED) is 0.377. The summed E-state index contributed by atoms with van der Waals surface area (Å²) in [5.74, 6) is 1.20. The topological polar surface area (TPSA) is 120 Å². The van der Waals surface area contributed by atoms with Crippen molar-refractivity contribution in [3.8, 4) is 11.5 Å². The maximum Gasteiger partial charge on any atom is 0.262 e. The van der Waals surface area contributed by atoms with Gasteiger partial charge in [-0.3, -0.25) is 9.52 Å². The third-order valence-corrected chi connectivity index (χ3v) is 6.28. The number of aromatic nitrogens is 1. The first-order valence-corrected chi connectivity index (χ1v) is 12.7. The van der Waals surface area contributed by atoms with Gasteiger partial charge in [0.1, 0.15) is 22.9 Å². The number of amides is 1. The number of hydrogen-bond acceptors (Lipinski definition) is 7. The number of nitrogens with zero attached hydrogens (tertiary/aromatic N) is 1. The highest BCUT2D eigenvalue weighted by Crippen LogP contribution is 2.31. The molecule has 2 N–H and O–H groups in total. The van der Waals surface area contributed by atoms with Crippen molar-refractivity contribution >= 4 is 39.5 Å². The van der Waals surface area contributed by atoms with Gasteiger partial charge in [0.15, 0.2) is 5.76 Å². The van der Waals surface area contributed by atoms with Crippen LogP contribution in [0.3, 0.4) is 0 Å². The zero-order chi connectivity index (χ0) is 25.4. The lowest BCUT2D eigenvalue weighted by atomic mass is 10.2. The number of rotatable bonds is 11. The lowest BCUT2D eigenvalue weighted by molar-refractivity contribution is -0.115. The van der Waals surface area contributed by atoms with E-state index in [9.17, 15) is 13.2 Å². The summed E-state index contributed by atoms with van der Waals surface area (Å²) in [5, 5.41) is 6.66. The number of nitrogens with one attached hydrogen (secondary N) is 2. The smallest absolute Gasteiger partial charge is 0.262 e. The fraction of sp³-hybridized carbons (Fsp3) is 0.280. The normalized spacial score (nSPS) is 11.4. The summed E-state index contributed by atoms with van der Waals surface area (Å²) in [6, 6.07) is 11.3. The van der Waals surface area contributed by atoms with Crippen LogP contribution in [0.2, 0.25) is 0 Å². The van der Waals surface area contributed by atoms with E-state index < -0.39 is 10.0 Å². The molecule has 0 atom stereocenters. The van der Waals surface area contributed by atoms with E-state index in [-0.39, 0.29) is 10.8 Å². The van der Waals surface area contributed by atoms with Crippen molar-refractivity contribution in [1.82, 2.24) is 5.16 Å². The second-order valence-electron chi connectivity index (χ2n) is 7.44. The molecule has 3 rings (SSSR count). The summed E-state index contributed by atoms with van der Waals surface area (Å²) >= 11 is 0. The monoisotopic (exact) mass is 499 g/mol. The molecular weight excluding hydrogens is 470 g/mol. The van der Waals surface area contributed by atoms with Gasteiger partial charge >= 0.3 is 0 Å². The predicted molar refractivity (Wildman–Crippen MR) is 135 cm³/mol. The van der Waals surface area contributed by atoms with Gasteiger partial charge in [0, 0.05) is 12.5 Å². The highest BCUT2D eigenvalue weighted by atomic mass is 32.2. The van der Waals surface area contributed by atoms with Gasteiger partial charge in [-0.2, -0.15) is 0 Å². The third kappa shape index (κ3) is 6.63. The van der Waals surface area contributed by atoms with Crippen LogP contribution in [0.25, 0.3) is 12.2 Å². The number of ether oxygens (including phenoxy) is 2. The minimum Gasteiger partial charge on any atom is -0.494 e. The molecule has 0 unspecified atom stereocenters. The molecule has 1 heterocycles. The third-order valence-electron chi connectivity index (χ3n) is 4.90. The van der Waals surface area contributed by atoms with E-state index in [0.717, 1.165) is 5.56 Å². The number of carbonyl (C=O) groups is 1. The number of aryl methyl sites for hydroxylation is 1. The Bertz CT molecular complexity index is 1300. The summed E-state index contributed by atoms with van der Waals surface area (Å²) in [6.45, 7) is 8.00. The molecule has 0 aliphatic carbocycles. The Kier molecular flexibility index (Phi) is 8.53. The van der Waals surface area contributed by atoms with Crippen LogP contribution in [0.5, 0.6) is 11.5 Å². The predicted octanol–water partition coefficient (Wildman–Crippen LogP) is 5.10. The lowest BCUT2D eigenvalue weighted by Gasteiger charge is -2.14. The van der Waals surface area contributed by atoms with Crippen molar-refractivity contribution in [3.05, 3.63) is 59.5 Å². The molecule has 2 aromatic carbocycles. The van der Waals surface area contributed by atoms with E-state index in [0.29, 0.717) is 54.0 Å². The van der Waals surface area contributed by atoms with Gasteiger partial charge in [-0.25, -0.2) is 8.42 Å². The largest absolute Gasteiger partial charge is 0.494 e. The lowest BCUT2D eigenvalue weighted by Crippen LogP contribution is -2.14. The first-order valence-electron chi connectivity index (χ1n) is 11.2. The molecule has 0 radical (unpaired) electrons. The minimum absolute atomic E-state index is 0.0883. The van der Waals surface area contributed by atoms with Crippen molar-refractivity contribution in [2.75, 3.05) is 23.3 Å². The number of sulfonamides is 1. The Hall–Kier alpha value is -3.79. The highest BCUT2D eigenvalue weighted by Gasteiger charge is 2.18. The van der Waals surface area contributed by atoms with Crippen molar-refractivity contribution < 1.29 is 27.2 Å². The summed E-state index contributed by atoms with van der Waals surface area (Å²) in [5.41, 5.74) is 2.11. The first-order chi connectivity index (χ1) is 16.8. The molecule has 0 saturated carbocycles. The number of benzene rings is 2. The molecule has 35 heavy (non-hydrogen) atoms. The van der Waals surface area contributed by atoms with E-state index in [4.69, 9.17) is 14.0 Å².